The highest BCUT2D eigenvalue weighted by atomic mass is 16.4. The number of aromatic amines is 1. The van der Waals surface area contributed by atoms with Gasteiger partial charge >= 0.3 is 5.97 Å². The third-order valence-corrected chi connectivity index (χ3v) is 13.5. The number of hydrogen-bond acceptors (Lipinski definition) is 11. The highest BCUT2D eigenvalue weighted by molar-refractivity contribution is 5.98. The Kier molecular flexibility index (Phi) is 25.5. The Morgan fingerprint density at radius 3 is 1.47 bits per heavy atom. The second kappa shape index (κ2) is 29.6. The summed E-state index contributed by atoms with van der Waals surface area (Å²) in [5.74, 6) is -9.32. The molecule has 0 bridgehead atoms. The van der Waals surface area contributed by atoms with Gasteiger partial charge in [-0.2, -0.15) is 0 Å². The van der Waals surface area contributed by atoms with Gasteiger partial charge in [0.15, 0.2) is 0 Å². The third-order valence-electron chi connectivity index (χ3n) is 13.5. The van der Waals surface area contributed by atoms with Crippen LogP contribution < -0.4 is 48.3 Å². The fraction of sp³-hybridized carbons (Fsp3) is 0.673. The minimum Gasteiger partial charge on any atom is -0.480 e. The second-order valence-corrected chi connectivity index (χ2v) is 20.7. The van der Waals surface area contributed by atoms with Crippen molar-refractivity contribution in [2.75, 3.05) is 0 Å². The van der Waals surface area contributed by atoms with Gasteiger partial charge < -0.3 is 63.5 Å². The van der Waals surface area contributed by atoms with Crippen molar-refractivity contribution in [3.63, 3.8) is 0 Å². The molecule has 0 radical (unpaired) electrons. The van der Waals surface area contributed by atoms with Gasteiger partial charge in [0.1, 0.15) is 48.3 Å². The van der Waals surface area contributed by atoms with Crippen molar-refractivity contribution in [3.05, 3.63) is 36.0 Å². The van der Waals surface area contributed by atoms with E-state index in [0.717, 1.165) is 10.9 Å². The van der Waals surface area contributed by atoms with Gasteiger partial charge in [-0.25, -0.2) is 4.79 Å². The highest BCUT2D eigenvalue weighted by Crippen LogP contribution is 2.20. The number of aliphatic hydroxyl groups is 1. The van der Waals surface area contributed by atoms with E-state index in [9.17, 15) is 53.4 Å². The molecule has 0 saturated carbocycles. The molecule has 2 aromatic rings. The topological polar surface area (TPSA) is 332 Å². The molecule has 13 atom stereocenters. The van der Waals surface area contributed by atoms with Crippen molar-refractivity contribution in [2.45, 2.75) is 190 Å². The van der Waals surface area contributed by atoms with Gasteiger partial charge in [-0.05, 0) is 67.4 Å². The van der Waals surface area contributed by atoms with E-state index in [4.69, 9.17) is 5.73 Å². The molecule has 0 fully saturated rings. The first kappa shape index (κ1) is 63.0. The van der Waals surface area contributed by atoms with E-state index in [1.165, 1.54) is 13.8 Å². The average molecular weight is 1030 g/mol. The molecule has 8 amide bonds. The number of hydrogen-bond donors (Lipinski definition) is 12. The van der Waals surface area contributed by atoms with E-state index < -0.39 is 137 Å². The summed E-state index contributed by atoms with van der Waals surface area (Å²) in [5, 5.41) is 42.5. The fourth-order valence-corrected chi connectivity index (χ4v) is 7.98. The number of carboxylic acid groups (broad SMARTS) is 1. The van der Waals surface area contributed by atoms with Crippen LogP contribution in [0, 0.1) is 35.5 Å². The minimum absolute atomic E-state index is 0.00176. The minimum atomic E-state index is -1.62. The molecule has 0 unspecified atom stereocenters. The van der Waals surface area contributed by atoms with Crippen LogP contribution in [0.1, 0.15) is 128 Å². The summed E-state index contributed by atoms with van der Waals surface area (Å²) in [7, 11) is 0. The van der Waals surface area contributed by atoms with Gasteiger partial charge in [0.25, 0.3) is 0 Å². The molecule has 2 rings (SSSR count). The molecule has 13 N–H and O–H groups in total. The molecule has 0 aliphatic carbocycles. The number of carbonyl (C=O) groups excluding carboxylic acids is 8. The zero-order valence-electron chi connectivity index (χ0n) is 45.3. The maximum Gasteiger partial charge on any atom is 0.326 e. The summed E-state index contributed by atoms with van der Waals surface area (Å²) >= 11 is 0. The van der Waals surface area contributed by atoms with Crippen LogP contribution in [0.25, 0.3) is 10.9 Å². The van der Waals surface area contributed by atoms with Crippen LogP contribution in [0.15, 0.2) is 30.5 Å². The first-order valence-electron chi connectivity index (χ1n) is 25.7. The molecule has 21 heteroatoms. The van der Waals surface area contributed by atoms with Crippen LogP contribution in [0.2, 0.25) is 0 Å². The van der Waals surface area contributed by atoms with Crippen LogP contribution in [0.4, 0.5) is 0 Å². The van der Waals surface area contributed by atoms with E-state index in [2.05, 4.69) is 47.5 Å². The van der Waals surface area contributed by atoms with Gasteiger partial charge in [-0.1, -0.05) is 121 Å². The Hall–Kier alpha value is -6.09. The van der Waals surface area contributed by atoms with Crippen LogP contribution >= 0.6 is 0 Å². The standard InChI is InChI=1S/C52H86N10O11/c1-15-28(10)38(53)47(67)56-36(22-25(4)5)45(65)55-31(13)44(64)60-41(29(11)16-2)50(70)59-40(27(8)9)49(69)58-39(26(6)7)48(68)57-37(23-33-24-54-35-21-19-18-20-34(33)35)46(66)62-43(32(14)63)51(71)61-42(52(72)73)30(12)17-3/h18-21,24-32,36-43,54,63H,15-17,22-23,53H2,1-14H3,(H,55,65)(H,56,67)(H,57,68)(H,58,69)(H,59,70)(H,60,64)(H,61,71)(H,62,66)(H,72,73)/t28-,29-,30-,31-,32+,36-,37-,38-,39-,40-,41-,42-,43-/m0/s1. The van der Waals surface area contributed by atoms with Crippen molar-refractivity contribution >= 4 is 64.1 Å². The van der Waals surface area contributed by atoms with Crippen molar-refractivity contribution < 1.29 is 53.4 Å². The Balaban J connectivity index is 2.38. The van der Waals surface area contributed by atoms with Crippen molar-refractivity contribution in [1.29, 1.82) is 0 Å². The quantitative estimate of drug-likeness (QED) is 0.0534. The number of nitrogens with one attached hydrogen (secondary N) is 9. The largest absolute Gasteiger partial charge is 0.480 e. The predicted octanol–water partition coefficient (Wildman–Crippen LogP) is 1.90. The molecule has 1 heterocycles. The predicted molar refractivity (Wildman–Crippen MR) is 278 cm³/mol. The van der Waals surface area contributed by atoms with Gasteiger partial charge in [-0.15, -0.1) is 0 Å². The van der Waals surface area contributed by atoms with Crippen LogP contribution in [-0.4, -0.2) is 129 Å². The normalized spacial score (nSPS) is 17.0. The molecule has 0 aliphatic heterocycles. The smallest absolute Gasteiger partial charge is 0.326 e. The molecular formula is C52H86N10O11. The van der Waals surface area contributed by atoms with Crippen molar-refractivity contribution in [2.24, 2.45) is 41.2 Å². The van der Waals surface area contributed by atoms with Gasteiger partial charge in [0.2, 0.25) is 47.3 Å². The zero-order valence-corrected chi connectivity index (χ0v) is 45.3. The number of H-pyrrole nitrogens is 1. The lowest BCUT2D eigenvalue weighted by atomic mass is 9.95. The third kappa shape index (κ3) is 18.7. The Bertz CT molecular complexity index is 2200. The maximum atomic E-state index is 14.3. The summed E-state index contributed by atoms with van der Waals surface area (Å²) in [4.78, 5) is 126. The van der Waals surface area contributed by atoms with Gasteiger partial charge in [0, 0.05) is 23.5 Å². The number of aromatic nitrogens is 1. The first-order valence-corrected chi connectivity index (χ1v) is 25.7. The number of nitrogens with two attached hydrogens (primary N) is 1. The number of aliphatic carboxylic acids is 1. The molecular weight excluding hydrogens is 941 g/mol. The first-order chi connectivity index (χ1) is 34.1. The number of carbonyl (C=O) groups is 9. The van der Waals surface area contributed by atoms with Crippen LogP contribution in [0.5, 0.6) is 0 Å². The van der Waals surface area contributed by atoms with E-state index >= 15 is 0 Å². The van der Waals surface area contributed by atoms with Crippen LogP contribution in [-0.2, 0) is 49.6 Å². The Morgan fingerprint density at radius 2 is 0.959 bits per heavy atom. The van der Waals surface area contributed by atoms with E-state index in [1.807, 2.05) is 52.8 Å². The lowest BCUT2D eigenvalue weighted by molar-refractivity contribution is -0.144. The number of aliphatic hydroxyl groups excluding tert-OH is 1. The highest BCUT2D eigenvalue weighted by Gasteiger charge is 2.38. The molecule has 73 heavy (non-hydrogen) atoms. The Morgan fingerprint density at radius 1 is 0.521 bits per heavy atom. The zero-order chi connectivity index (χ0) is 55.6. The van der Waals surface area contributed by atoms with Gasteiger partial charge in [0.05, 0.1) is 12.1 Å². The number of rotatable bonds is 30. The summed E-state index contributed by atoms with van der Waals surface area (Å²) in [6, 6.07) is -3.73. The summed E-state index contributed by atoms with van der Waals surface area (Å²) in [5.41, 5.74) is 7.49. The molecule has 0 saturated heterocycles. The number of benzene rings is 1. The number of carboxylic acids is 1. The molecule has 410 valence electrons. The van der Waals surface area contributed by atoms with E-state index in [-0.39, 0.29) is 24.7 Å². The molecule has 1 aromatic heterocycles. The lowest BCUT2D eigenvalue weighted by Gasteiger charge is -2.31. The molecule has 0 spiro atoms. The number of fused-ring (bicyclic) bond motifs is 1. The van der Waals surface area contributed by atoms with Crippen LogP contribution in [0.3, 0.4) is 0 Å². The molecule has 1 aromatic carbocycles. The SMILES string of the molecule is CC[C@H](C)[C@H](N)C(=O)N[C@@H](CC(C)C)C(=O)N[C@@H](C)C(=O)N[C@H](C(=O)N[C@H](C(=O)N[C@H](C(=O)N[C@@H](Cc1c[nH]c2ccccc12)C(=O)N[C@H](C(=O)N[C@H](C(=O)O)[C@@H](C)CC)[C@@H](C)O)C(C)C)C(C)C)[C@@H](C)CC. The second-order valence-electron chi connectivity index (χ2n) is 20.7. The number of amides is 8. The number of para-hydroxylation sites is 1. The van der Waals surface area contributed by atoms with E-state index in [1.54, 1.807) is 60.7 Å². The maximum absolute atomic E-state index is 14.3. The van der Waals surface area contributed by atoms with Crippen molar-refractivity contribution in [1.82, 2.24) is 47.5 Å². The summed E-state index contributed by atoms with van der Waals surface area (Å²) in [6.45, 7) is 23.9. The average Bonchev–Trinajstić information content (AvgIpc) is 3.74. The fourth-order valence-electron chi connectivity index (χ4n) is 7.98. The summed E-state index contributed by atoms with van der Waals surface area (Å²) in [6.07, 6.45) is 1.84. The monoisotopic (exact) mass is 1030 g/mol. The van der Waals surface area contributed by atoms with Crippen molar-refractivity contribution in [3.8, 4) is 0 Å². The Labute approximate surface area is 430 Å². The van der Waals surface area contributed by atoms with Gasteiger partial charge in [-0.3, -0.25) is 38.4 Å². The summed E-state index contributed by atoms with van der Waals surface area (Å²) < 4.78 is 0. The molecule has 21 nitrogen and oxygen atoms in total. The lowest BCUT2D eigenvalue weighted by Crippen LogP contribution is -2.63. The van der Waals surface area contributed by atoms with E-state index in [0.29, 0.717) is 24.8 Å². The molecule has 0 aliphatic rings.